The maximum Gasteiger partial charge on any atom is 0.408 e. The predicted octanol–water partition coefficient (Wildman–Crippen LogP) is 3.71. The van der Waals surface area contributed by atoms with Crippen LogP contribution in [0.1, 0.15) is 44.4 Å². The second-order valence-electron chi connectivity index (χ2n) is 7.55. The molecular formula is C22H28N2O4. The van der Waals surface area contributed by atoms with Crippen molar-refractivity contribution in [1.29, 1.82) is 0 Å². The molecular weight excluding hydrogens is 356 g/mol. The molecule has 0 heterocycles. The SMILES string of the molecule is CC(C)(C)OC(=O)NC(C(=O)NCCCc1ccc(O)cc1)c1ccccc1. The maximum absolute atomic E-state index is 12.7. The number of carbonyl (C=O) groups is 2. The summed E-state index contributed by atoms with van der Waals surface area (Å²) in [6, 6.07) is 15.2. The van der Waals surface area contributed by atoms with Gasteiger partial charge in [0.25, 0.3) is 0 Å². The van der Waals surface area contributed by atoms with Gasteiger partial charge in [-0.2, -0.15) is 0 Å². The van der Waals surface area contributed by atoms with Crippen molar-refractivity contribution in [2.45, 2.75) is 45.3 Å². The van der Waals surface area contributed by atoms with Gasteiger partial charge in [-0.3, -0.25) is 4.79 Å². The lowest BCUT2D eigenvalue weighted by Gasteiger charge is -2.23. The van der Waals surface area contributed by atoms with Crippen molar-refractivity contribution in [1.82, 2.24) is 10.6 Å². The minimum absolute atomic E-state index is 0.232. The number of benzene rings is 2. The van der Waals surface area contributed by atoms with Gasteiger partial charge in [0.1, 0.15) is 17.4 Å². The first-order valence-electron chi connectivity index (χ1n) is 9.35. The van der Waals surface area contributed by atoms with Gasteiger partial charge in [0.15, 0.2) is 0 Å². The topological polar surface area (TPSA) is 87.7 Å². The summed E-state index contributed by atoms with van der Waals surface area (Å²) in [5.41, 5.74) is 1.12. The monoisotopic (exact) mass is 384 g/mol. The Labute approximate surface area is 165 Å². The molecule has 1 atom stereocenters. The molecule has 6 heteroatoms. The quantitative estimate of drug-likeness (QED) is 0.635. The fourth-order valence-electron chi connectivity index (χ4n) is 2.64. The van der Waals surface area contributed by atoms with Crippen molar-refractivity contribution >= 4 is 12.0 Å². The number of rotatable bonds is 7. The molecule has 28 heavy (non-hydrogen) atoms. The summed E-state index contributed by atoms with van der Waals surface area (Å²) in [5, 5.41) is 14.8. The van der Waals surface area contributed by atoms with Crippen LogP contribution >= 0.6 is 0 Å². The van der Waals surface area contributed by atoms with Crippen LogP contribution in [0.25, 0.3) is 0 Å². The van der Waals surface area contributed by atoms with E-state index in [1.54, 1.807) is 45.0 Å². The van der Waals surface area contributed by atoms with Crippen molar-refractivity contribution in [2.75, 3.05) is 6.54 Å². The fourth-order valence-corrected chi connectivity index (χ4v) is 2.64. The first-order chi connectivity index (χ1) is 13.2. The number of hydrogen-bond donors (Lipinski definition) is 3. The molecule has 0 aliphatic heterocycles. The molecule has 2 aromatic rings. The number of carbonyl (C=O) groups excluding carboxylic acids is 2. The van der Waals surface area contributed by atoms with E-state index >= 15 is 0 Å². The molecule has 150 valence electrons. The largest absolute Gasteiger partial charge is 0.508 e. The number of nitrogens with one attached hydrogen (secondary N) is 2. The van der Waals surface area contributed by atoms with Crippen LogP contribution in [0.2, 0.25) is 0 Å². The second-order valence-corrected chi connectivity index (χ2v) is 7.55. The van der Waals surface area contributed by atoms with Gasteiger partial charge in [-0.05, 0) is 56.9 Å². The van der Waals surface area contributed by atoms with E-state index in [1.165, 1.54) is 0 Å². The number of amides is 2. The van der Waals surface area contributed by atoms with Crippen LogP contribution in [-0.4, -0.2) is 29.3 Å². The lowest BCUT2D eigenvalue weighted by Crippen LogP contribution is -2.42. The Bertz CT molecular complexity index is 767. The third-order valence-electron chi connectivity index (χ3n) is 3.93. The predicted molar refractivity (Wildman–Crippen MR) is 108 cm³/mol. The maximum atomic E-state index is 12.7. The second kappa shape index (κ2) is 9.78. The zero-order chi connectivity index (χ0) is 20.6. The summed E-state index contributed by atoms with van der Waals surface area (Å²) in [5.74, 6) is -0.0567. The van der Waals surface area contributed by atoms with Crippen LogP contribution in [0.5, 0.6) is 5.75 Å². The van der Waals surface area contributed by atoms with Gasteiger partial charge in [0, 0.05) is 6.54 Å². The lowest BCUT2D eigenvalue weighted by molar-refractivity contribution is -0.123. The van der Waals surface area contributed by atoms with E-state index in [4.69, 9.17) is 4.74 Å². The van der Waals surface area contributed by atoms with Gasteiger partial charge >= 0.3 is 6.09 Å². The number of alkyl carbamates (subject to hydrolysis) is 1. The molecule has 0 saturated heterocycles. The molecule has 0 aliphatic carbocycles. The van der Waals surface area contributed by atoms with E-state index < -0.39 is 17.7 Å². The zero-order valence-corrected chi connectivity index (χ0v) is 16.6. The van der Waals surface area contributed by atoms with E-state index in [2.05, 4.69) is 10.6 Å². The Morgan fingerprint density at radius 2 is 1.68 bits per heavy atom. The van der Waals surface area contributed by atoms with Gasteiger partial charge in [-0.1, -0.05) is 42.5 Å². The molecule has 0 spiro atoms. The summed E-state index contributed by atoms with van der Waals surface area (Å²) >= 11 is 0. The van der Waals surface area contributed by atoms with E-state index in [1.807, 2.05) is 30.3 Å². The Balaban J connectivity index is 1.93. The van der Waals surface area contributed by atoms with E-state index in [0.717, 1.165) is 18.4 Å². The van der Waals surface area contributed by atoms with Crippen molar-refractivity contribution in [3.63, 3.8) is 0 Å². The van der Waals surface area contributed by atoms with Crippen LogP contribution in [0.4, 0.5) is 4.79 Å². The van der Waals surface area contributed by atoms with E-state index in [-0.39, 0.29) is 11.7 Å². The number of aryl methyl sites for hydroxylation is 1. The molecule has 6 nitrogen and oxygen atoms in total. The smallest absolute Gasteiger partial charge is 0.408 e. The van der Waals surface area contributed by atoms with Gasteiger partial charge in [-0.15, -0.1) is 0 Å². The molecule has 0 aromatic heterocycles. The number of ether oxygens (including phenoxy) is 1. The molecule has 0 radical (unpaired) electrons. The van der Waals surface area contributed by atoms with Crippen molar-refractivity contribution < 1.29 is 19.4 Å². The molecule has 2 aromatic carbocycles. The summed E-state index contributed by atoms with van der Waals surface area (Å²) in [4.78, 5) is 24.8. The number of aromatic hydroxyl groups is 1. The van der Waals surface area contributed by atoms with Crippen LogP contribution in [0, 0.1) is 0 Å². The highest BCUT2D eigenvalue weighted by Crippen LogP contribution is 2.15. The molecule has 3 N–H and O–H groups in total. The Kier molecular flexibility index (Phi) is 7.44. The summed E-state index contributed by atoms with van der Waals surface area (Å²) in [6.45, 7) is 5.79. The summed E-state index contributed by atoms with van der Waals surface area (Å²) in [6.07, 6.45) is 0.876. The minimum atomic E-state index is -0.829. The average Bonchev–Trinajstić information content (AvgIpc) is 2.64. The van der Waals surface area contributed by atoms with Gasteiger partial charge < -0.3 is 20.5 Å². The van der Waals surface area contributed by atoms with Gasteiger partial charge in [-0.25, -0.2) is 4.79 Å². The average molecular weight is 384 g/mol. The molecule has 2 rings (SSSR count). The molecule has 0 fully saturated rings. The normalized spacial score (nSPS) is 12.1. The molecule has 2 amide bonds. The van der Waals surface area contributed by atoms with Crippen LogP contribution in [-0.2, 0) is 16.0 Å². The highest BCUT2D eigenvalue weighted by atomic mass is 16.6. The van der Waals surface area contributed by atoms with E-state index in [0.29, 0.717) is 12.1 Å². The van der Waals surface area contributed by atoms with E-state index in [9.17, 15) is 14.7 Å². The third kappa shape index (κ3) is 7.31. The van der Waals surface area contributed by atoms with Gasteiger partial charge in [0.05, 0.1) is 0 Å². The molecule has 0 saturated carbocycles. The molecule has 0 aliphatic rings. The number of phenolic OH excluding ortho intramolecular Hbond substituents is 1. The Morgan fingerprint density at radius 1 is 1.04 bits per heavy atom. The number of hydrogen-bond acceptors (Lipinski definition) is 4. The van der Waals surface area contributed by atoms with Crippen molar-refractivity contribution in [2.24, 2.45) is 0 Å². The number of phenols is 1. The van der Waals surface area contributed by atoms with Crippen molar-refractivity contribution in [3.05, 3.63) is 65.7 Å². The minimum Gasteiger partial charge on any atom is -0.508 e. The lowest BCUT2D eigenvalue weighted by atomic mass is 10.1. The summed E-state index contributed by atoms with van der Waals surface area (Å²) < 4.78 is 5.28. The van der Waals surface area contributed by atoms with Crippen LogP contribution < -0.4 is 10.6 Å². The Hall–Kier alpha value is -3.02. The van der Waals surface area contributed by atoms with Crippen molar-refractivity contribution in [3.8, 4) is 5.75 Å². The Morgan fingerprint density at radius 3 is 2.29 bits per heavy atom. The van der Waals surface area contributed by atoms with Crippen LogP contribution in [0.3, 0.4) is 0 Å². The van der Waals surface area contributed by atoms with Gasteiger partial charge in [0.2, 0.25) is 5.91 Å². The van der Waals surface area contributed by atoms with Crippen LogP contribution in [0.15, 0.2) is 54.6 Å². The molecule has 0 bridgehead atoms. The highest BCUT2D eigenvalue weighted by Gasteiger charge is 2.25. The zero-order valence-electron chi connectivity index (χ0n) is 16.6. The molecule has 1 unspecified atom stereocenters. The fraction of sp³-hybridized carbons (Fsp3) is 0.364. The third-order valence-corrected chi connectivity index (χ3v) is 3.93. The summed E-state index contributed by atoms with van der Waals surface area (Å²) in [7, 11) is 0. The highest BCUT2D eigenvalue weighted by molar-refractivity contribution is 5.86. The first-order valence-corrected chi connectivity index (χ1v) is 9.35. The first kappa shape index (κ1) is 21.3. The standard InChI is InChI=1S/C22H28N2O4/c1-22(2,3)28-21(27)24-19(17-9-5-4-6-10-17)20(26)23-15-7-8-16-11-13-18(25)14-12-16/h4-6,9-14,19,25H,7-8,15H2,1-3H3,(H,23,26)(H,24,27).